The highest BCUT2D eigenvalue weighted by Crippen LogP contribution is 2.34. The molecule has 1 saturated heterocycles. The third-order valence-corrected chi connectivity index (χ3v) is 5.14. The zero-order chi connectivity index (χ0) is 24.4. The van der Waals surface area contributed by atoms with Gasteiger partial charge in [0.15, 0.2) is 0 Å². The van der Waals surface area contributed by atoms with Gasteiger partial charge in [0.2, 0.25) is 0 Å². The largest absolute Gasteiger partial charge is 0.444 e. The number of piperidine rings is 1. The molecular weight excluding hydrogens is 422 g/mol. The molecule has 1 aromatic heterocycles. The van der Waals surface area contributed by atoms with E-state index in [0.29, 0.717) is 24.3 Å². The van der Waals surface area contributed by atoms with Crippen LogP contribution in [0.5, 0.6) is 0 Å². The molecule has 0 radical (unpaired) electrons. The summed E-state index contributed by atoms with van der Waals surface area (Å²) in [6.45, 7) is 12.0. The first kappa shape index (κ1) is 24.5. The fraction of sp³-hybridized carbons (Fsp3) is 0.520. The van der Waals surface area contributed by atoms with Gasteiger partial charge in [0.1, 0.15) is 17.5 Å². The molecule has 0 saturated carbocycles. The second kappa shape index (κ2) is 9.37. The molecule has 1 fully saturated rings. The number of rotatable bonds is 3. The Bertz CT molecular complexity index is 1010. The molecule has 178 valence electrons. The maximum atomic E-state index is 12.7. The number of hydrogen-bond donors (Lipinski definition) is 0. The van der Waals surface area contributed by atoms with Gasteiger partial charge >= 0.3 is 12.2 Å². The van der Waals surface area contributed by atoms with E-state index in [1.807, 2.05) is 32.9 Å². The first-order chi connectivity index (χ1) is 15.4. The number of ether oxygens (including phenoxy) is 2. The van der Waals surface area contributed by atoms with Crippen molar-refractivity contribution in [3.05, 3.63) is 41.7 Å². The predicted molar refractivity (Wildman–Crippen MR) is 124 cm³/mol. The number of carbonyl (C=O) groups excluding carboxylic acids is 3. The molecule has 3 rings (SSSR count). The van der Waals surface area contributed by atoms with Crippen molar-refractivity contribution in [1.29, 1.82) is 0 Å². The summed E-state index contributed by atoms with van der Waals surface area (Å²) in [5, 5.41) is 4.60. The second-order valence-corrected chi connectivity index (χ2v) is 10.4. The van der Waals surface area contributed by atoms with E-state index in [9.17, 15) is 14.4 Å². The topological polar surface area (TPSA) is 90.7 Å². The zero-order valence-electron chi connectivity index (χ0n) is 20.3. The van der Waals surface area contributed by atoms with E-state index in [1.54, 1.807) is 44.0 Å². The summed E-state index contributed by atoms with van der Waals surface area (Å²) in [6, 6.07) is 7.12. The molecule has 8 heteroatoms. The van der Waals surface area contributed by atoms with Gasteiger partial charge < -0.3 is 14.4 Å². The molecule has 1 atom stereocenters. The fourth-order valence-electron chi connectivity index (χ4n) is 3.75. The van der Waals surface area contributed by atoms with Crippen molar-refractivity contribution >= 4 is 18.5 Å². The highest BCUT2D eigenvalue weighted by Gasteiger charge is 2.32. The lowest BCUT2D eigenvalue weighted by molar-refractivity contribution is 0.0195. The summed E-state index contributed by atoms with van der Waals surface area (Å²) in [5.41, 5.74) is 1.65. The Kier molecular flexibility index (Phi) is 6.95. The van der Waals surface area contributed by atoms with Crippen molar-refractivity contribution in [2.45, 2.75) is 71.5 Å². The average molecular weight is 456 g/mol. The SMILES string of the molecule is CC(C)(C)OC(=O)N1CCC[C@@H](c2nn(C(=O)OC(C)(C)C)cc2-c2ccc(C=O)cc2)C1. The van der Waals surface area contributed by atoms with E-state index in [2.05, 4.69) is 5.10 Å². The maximum Gasteiger partial charge on any atom is 0.435 e. The molecule has 0 N–H and O–H groups in total. The van der Waals surface area contributed by atoms with Crippen LogP contribution in [-0.4, -0.2) is 57.4 Å². The van der Waals surface area contributed by atoms with Gasteiger partial charge in [0.05, 0.1) is 5.69 Å². The van der Waals surface area contributed by atoms with Crippen molar-refractivity contribution in [2.24, 2.45) is 0 Å². The first-order valence-corrected chi connectivity index (χ1v) is 11.2. The molecule has 0 unspecified atom stereocenters. The smallest absolute Gasteiger partial charge is 0.435 e. The Balaban J connectivity index is 1.95. The lowest BCUT2D eigenvalue weighted by Gasteiger charge is -2.33. The summed E-state index contributed by atoms with van der Waals surface area (Å²) in [4.78, 5) is 38.1. The molecule has 2 heterocycles. The number of aromatic nitrogens is 2. The number of nitrogens with zero attached hydrogens (tertiary/aromatic N) is 3. The zero-order valence-corrected chi connectivity index (χ0v) is 20.3. The van der Waals surface area contributed by atoms with Crippen LogP contribution < -0.4 is 0 Å². The van der Waals surface area contributed by atoms with Crippen molar-refractivity contribution in [2.75, 3.05) is 13.1 Å². The van der Waals surface area contributed by atoms with Gasteiger partial charge in [0.25, 0.3) is 0 Å². The molecule has 1 aromatic carbocycles. The maximum absolute atomic E-state index is 12.7. The van der Waals surface area contributed by atoms with Crippen LogP contribution in [0.3, 0.4) is 0 Å². The molecule has 0 spiro atoms. The monoisotopic (exact) mass is 455 g/mol. The van der Waals surface area contributed by atoms with Gasteiger partial charge in [-0.2, -0.15) is 9.78 Å². The van der Waals surface area contributed by atoms with E-state index in [4.69, 9.17) is 9.47 Å². The molecule has 1 aliphatic heterocycles. The number of aldehydes is 1. The van der Waals surface area contributed by atoms with Crippen LogP contribution in [0, 0.1) is 0 Å². The number of carbonyl (C=O) groups is 3. The summed E-state index contributed by atoms with van der Waals surface area (Å²) >= 11 is 0. The Labute approximate surface area is 194 Å². The first-order valence-electron chi connectivity index (χ1n) is 11.2. The molecule has 1 amide bonds. The molecule has 1 aliphatic rings. The third-order valence-electron chi connectivity index (χ3n) is 5.14. The minimum Gasteiger partial charge on any atom is -0.444 e. The van der Waals surface area contributed by atoms with E-state index >= 15 is 0 Å². The van der Waals surface area contributed by atoms with Gasteiger partial charge in [-0.25, -0.2) is 9.59 Å². The van der Waals surface area contributed by atoms with Gasteiger partial charge in [-0.3, -0.25) is 4.79 Å². The minimum absolute atomic E-state index is 0.0734. The second-order valence-electron chi connectivity index (χ2n) is 10.4. The molecule has 0 aliphatic carbocycles. The van der Waals surface area contributed by atoms with Gasteiger partial charge in [-0.1, -0.05) is 24.3 Å². The summed E-state index contributed by atoms with van der Waals surface area (Å²) in [5.74, 6) is -0.0734. The summed E-state index contributed by atoms with van der Waals surface area (Å²) in [6.07, 6.45) is 3.15. The van der Waals surface area contributed by atoms with E-state index in [-0.39, 0.29) is 12.0 Å². The lowest BCUT2D eigenvalue weighted by atomic mass is 9.90. The predicted octanol–water partition coefficient (Wildman–Crippen LogP) is 5.26. The Hall–Kier alpha value is -3.16. The Morgan fingerprint density at radius 2 is 1.61 bits per heavy atom. The van der Waals surface area contributed by atoms with Crippen molar-refractivity contribution in [3.63, 3.8) is 0 Å². The van der Waals surface area contributed by atoms with Crippen LogP contribution in [0.4, 0.5) is 9.59 Å². The Morgan fingerprint density at radius 3 is 2.18 bits per heavy atom. The summed E-state index contributed by atoms with van der Waals surface area (Å²) in [7, 11) is 0. The minimum atomic E-state index is -0.659. The number of hydrogen-bond acceptors (Lipinski definition) is 6. The van der Waals surface area contributed by atoms with Crippen LogP contribution in [0.1, 0.15) is 76.4 Å². The molecular formula is C25H33N3O5. The number of likely N-dealkylation sites (tertiary alicyclic amines) is 1. The van der Waals surface area contributed by atoms with Crippen LogP contribution >= 0.6 is 0 Å². The molecule has 33 heavy (non-hydrogen) atoms. The van der Waals surface area contributed by atoms with Crippen LogP contribution in [0.15, 0.2) is 30.5 Å². The van der Waals surface area contributed by atoms with Crippen LogP contribution in [0.25, 0.3) is 11.1 Å². The molecule has 2 aromatic rings. The quantitative estimate of drug-likeness (QED) is 0.586. The van der Waals surface area contributed by atoms with E-state index in [1.165, 1.54) is 4.68 Å². The van der Waals surface area contributed by atoms with E-state index < -0.39 is 17.3 Å². The fourth-order valence-corrected chi connectivity index (χ4v) is 3.75. The van der Waals surface area contributed by atoms with Gasteiger partial charge in [0, 0.05) is 36.3 Å². The number of amides is 1. The standard InChI is InChI=1S/C25H33N3O5/c1-24(2,3)32-22(30)27-13-7-8-19(14-27)21-20(18-11-9-17(16-29)10-12-18)15-28(26-21)23(31)33-25(4,5)6/h9-12,15-16,19H,7-8,13-14H2,1-6H3/t19-/m1/s1. The Morgan fingerprint density at radius 1 is 1.00 bits per heavy atom. The van der Waals surface area contributed by atoms with Crippen LogP contribution in [-0.2, 0) is 9.47 Å². The lowest BCUT2D eigenvalue weighted by Crippen LogP contribution is -2.42. The number of benzene rings is 1. The van der Waals surface area contributed by atoms with Gasteiger partial charge in [-0.05, 0) is 59.9 Å². The normalized spacial score (nSPS) is 16.9. The van der Waals surface area contributed by atoms with Crippen molar-refractivity contribution in [1.82, 2.24) is 14.7 Å². The average Bonchev–Trinajstić information content (AvgIpc) is 3.17. The highest BCUT2D eigenvalue weighted by molar-refractivity contribution is 5.78. The molecule has 8 nitrogen and oxygen atoms in total. The summed E-state index contributed by atoms with van der Waals surface area (Å²) < 4.78 is 12.3. The van der Waals surface area contributed by atoms with E-state index in [0.717, 1.165) is 30.3 Å². The van der Waals surface area contributed by atoms with Crippen LogP contribution in [0.2, 0.25) is 0 Å². The third kappa shape index (κ3) is 6.43. The van der Waals surface area contributed by atoms with Gasteiger partial charge in [-0.15, -0.1) is 0 Å². The highest BCUT2D eigenvalue weighted by atomic mass is 16.6. The molecule has 0 bridgehead atoms. The van der Waals surface area contributed by atoms with Crippen molar-refractivity contribution < 1.29 is 23.9 Å². The van der Waals surface area contributed by atoms with Crippen molar-refractivity contribution in [3.8, 4) is 11.1 Å².